The molecule has 0 unspecified atom stereocenters. The second kappa shape index (κ2) is 16.3. The third-order valence-electron chi connectivity index (χ3n) is 8.72. The summed E-state index contributed by atoms with van der Waals surface area (Å²) in [4.78, 5) is 0. The summed E-state index contributed by atoms with van der Waals surface area (Å²) in [5.41, 5.74) is 5.24. The first kappa shape index (κ1) is 31.5. The third-order valence-corrected chi connectivity index (χ3v) is 9.71. The molecule has 0 saturated heterocycles. The number of halogens is 2. The van der Waals surface area contributed by atoms with Gasteiger partial charge in [0.2, 0.25) is 0 Å². The molecule has 3 aromatic rings. The highest BCUT2D eigenvalue weighted by molar-refractivity contribution is 9.10. The van der Waals surface area contributed by atoms with Crippen LogP contribution in [0.3, 0.4) is 0 Å². The van der Waals surface area contributed by atoms with E-state index in [1.165, 1.54) is 108 Å². The molecular weight excluding hydrogens is 620 g/mol. The quantitative estimate of drug-likeness (QED) is 0.134. The highest BCUT2D eigenvalue weighted by atomic mass is 79.9. The average Bonchev–Trinajstić information content (AvgIpc) is 3.20. The molecule has 1 nitrogen and oxygen atoms in total. The number of fused-ring (bicyclic) bond motifs is 3. The van der Waals surface area contributed by atoms with Crippen LogP contribution in [0.4, 0.5) is 0 Å². The highest BCUT2D eigenvalue weighted by Crippen LogP contribution is 2.52. The van der Waals surface area contributed by atoms with E-state index in [-0.39, 0.29) is 0 Å². The summed E-state index contributed by atoms with van der Waals surface area (Å²) in [5, 5.41) is 12.2. The lowest BCUT2D eigenvalue weighted by Gasteiger charge is -2.27. The maximum absolute atomic E-state index is 12.2. The summed E-state index contributed by atoms with van der Waals surface area (Å²) in [7, 11) is 0. The molecule has 0 aliphatic heterocycles. The topological polar surface area (TPSA) is 20.2 Å². The highest BCUT2D eigenvalue weighted by Gasteiger charge is 2.43. The van der Waals surface area contributed by atoms with Crippen LogP contribution in [0.2, 0.25) is 0 Å². The van der Waals surface area contributed by atoms with Gasteiger partial charge in [0, 0.05) is 20.1 Å². The second-order valence-electron chi connectivity index (χ2n) is 11.8. The maximum atomic E-state index is 12.2. The summed E-state index contributed by atoms with van der Waals surface area (Å²) < 4.78 is 1.97. The summed E-state index contributed by atoms with van der Waals surface area (Å²) in [6.45, 7) is 2.29. The van der Waals surface area contributed by atoms with Crippen LogP contribution in [0.5, 0.6) is 0 Å². The fourth-order valence-electron chi connectivity index (χ4n) is 6.35. The van der Waals surface area contributed by atoms with Gasteiger partial charge in [0.25, 0.3) is 0 Å². The lowest BCUT2D eigenvalue weighted by Crippen LogP contribution is -2.26. The van der Waals surface area contributed by atoms with Gasteiger partial charge < -0.3 is 5.11 Å². The van der Waals surface area contributed by atoms with E-state index in [1.807, 2.05) is 0 Å². The zero-order valence-corrected chi connectivity index (χ0v) is 27.7. The fraction of sp³-hybridized carbons (Fsp3) is 0.514. The van der Waals surface area contributed by atoms with Crippen LogP contribution in [0.25, 0.3) is 11.1 Å². The van der Waals surface area contributed by atoms with Gasteiger partial charge in [0.1, 0.15) is 5.60 Å². The smallest absolute Gasteiger partial charge is 0.141 e. The first-order chi connectivity index (χ1) is 19.5. The van der Waals surface area contributed by atoms with Gasteiger partial charge in [0.05, 0.1) is 0 Å². The van der Waals surface area contributed by atoms with Gasteiger partial charge in [-0.15, -0.1) is 0 Å². The SMILES string of the molecule is CCCCCCCCCCCCCCCCCCc1ccc(C2(O)c3cc(Br)ccc3-c3ccc(Br)cc32)cc1. The van der Waals surface area contributed by atoms with Crippen LogP contribution in [-0.2, 0) is 12.0 Å². The predicted octanol–water partition coefficient (Wildman–Crippen LogP) is 12.3. The van der Waals surface area contributed by atoms with Crippen molar-refractivity contribution in [1.82, 2.24) is 0 Å². The van der Waals surface area contributed by atoms with E-state index in [9.17, 15) is 5.11 Å². The van der Waals surface area contributed by atoms with E-state index in [0.717, 1.165) is 43.2 Å². The van der Waals surface area contributed by atoms with Crippen LogP contribution >= 0.6 is 31.9 Å². The van der Waals surface area contributed by atoms with Crippen molar-refractivity contribution in [2.24, 2.45) is 0 Å². The van der Waals surface area contributed by atoms with Crippen molar-refractivity contribution < 1.29 is 5.11 Å². The molecule has 1 N–H and O–H groups in total. The Morgan fingerprint density at radius 1 is 0.525 bits per heavy atom. The Morgan fingerprint density at radius 2 is 0.925 bits per heavy atom. The van der Waals surface area contributed by atoms with Crippen LogP contribution < -0.4 is 0 Å². The van der Waals surface area contributed by atoms with Gasteiger partial charge in [-0.25, -0.2) is 0 Å². The summed E-state index contributed by atoms with van der Waals surface area (Å²) >= 11 is 7.23. The molecule has 0 saturated carbocycles. The standard InChI is InChI=1S/C37H48Br2O/c1-2-3-4-5-6-7-8-9-10-11-12-13-14-15-16-17-18-29-19-21-30(22-20-29)37(40)35-27-31(38)23-25-33(35)34-26-24-32(39)28-36(34)37/h19-28,40H,2-18H2,1H3. The number of aryl methyl sites for hydroxylation is 1. The Kier molecular flexibility index (Phi) is 12.8. The van der Waals surface area contributed by atoms with Crippen molar-refractivity contribution in [3.63, 3.8) is 0 Å². The van der Waals surface area contributed by atoms with Crippen molar-refractivity contribution in [1.29, 1.82) is 0 Å². The zero-order chi connectivity index (χ0) is 28.2. The number of benzene rings is 3. The van der Waals surface area contributed by atoms with Crippen molar-refractivity contribution >= 4 is 31.9 Å². The molecule has 0 radical (unpaired) electrons. The summed E-state index contributed by atoms with van der Waals surface area (Å²) in [6.07, 6.45) is 23.5. The Bertz CT molecular complexity index is 1130. The monoisotopic (exact) mass is 666 g/mol. The maximum Gasteiger partial charge on any atom is 0.141 e. The van der Waals surface area contributed by atoms with Crippen molar-refractivity contribution in [2.45, 2.75) is 122 Å². The summed E-state index contributed by atoms with van der Waals surface area (Å²) in [6, 6.07) is 21.1. The molecule has 0 spiro atoms. The molecule has 0 fully saturated rings. The molecule has 4 rings (SSSR count). The lowest BCUT2D eigenvalue weighted by atomic mass is 9.84. The van der Waals surface area contributed by atoms with E-state index in [1.54, 1.807) is 0 Å². The van der Waals surface area contributed by atoms with E-state index >= 15 is 0 Å². The molecule has 40 heavy (non-hydrogen) atoms. The number of rotatable bonds is 18. The predicted molar refractivity (Wildman–Crippen MR) is 179 cm³/mol. The van der Waals surface area contributed by atoms with Gasteiger partial charge >= 0.3 is 0 Å². The average molecular weight is 669 g/mol. The number of aliphatic hydroxyl groups is 1. The van der Waals surface area contributed by atoms with Crippen LogP contribution in [0, 0.1) is 0 Å². The Hall–Kier alpha value is -1.42. The number of unbranched alkanes of at least 4 members (excludes halogenated alkanes) is 15. The Balaban J connectivity index is 1.15. The largest absolute Gasteiger partial charge is 0.376 e. The van der Waals surface area contributed by atoms with Gasteiger partial charge in [-0.05, 0) is 59.4 Å². The van der Waals surface area contributed by atoms with E-state index < -0.39 is 5.60 Å². The fourth-order valence-corrected chi connectivity index (χ4v) is 7.07. The van der Waals surface area contributed by atoms with Crippen LogP contribution in [0.1, 0.15) is 132 Å². The first-order valence-electron chi connectivity index (χ1n) is 16.0. The minimum atomic E-state index is -1.15. The van der Waals surface area contributed by atoms with Crippen molar-refractivity contribution in [3.8, 4) is 11.1 Å². The van der Waals surface area contributed by atoms with Crippen LogP contribution in [0.15, 0.2) is 69.6 Å². The van der Waals surface area contributed by atoms with Gasteiger partial charge in [0.15, 0.2) is 0 Å². The number of hydrogen-bond acceptors (Lipinski definition) is 1. The van der Waals surface area contributed by atoms with E-state index in [4.69, 9.17) is 0 Å². The first-order valence-corrected chi connectivity index (χ1v) is 17.5. The molecule has 0 atom stereocenters. The normalized spacial score (nSPS) is 13.4. The second-order valence-corrected chi connectivity index (χ2v) is 13.7. The van der Waals surface area contributed by atoms with Crippen molar-refractivity contribution in [2.75, 3.05) is 0 Å². The molecule has 0 heterocycles. The third kappa shape index (κ3) is 8.33. The van der Waals surface area contributed by atoms with Gasteiger partial charge in [-0.2, -0.15) is 0 Å². The zero-order valence-electron chi connectivity index (χ0n) is 24.5. The summed E-state index contributed by atoms with van der Waals surface area (Å²) in [5.74, 6) is 0. The Labute approximate surface area is 260 Å². The molecule has 1 aliphatic carbocycles. The molecule has 0 amide bonds. The minimum Gasteiger partial charge on any atom is -0.376 e. The molecule has 3 aromatic carbocycles. The minimum absolute atomic E-state index is 0.930. The van der Waals surface area contributed by atoms with Gasteiger partial charge in [-0.3, -0.25) is 0 Å². The van der Waals surface area contributed by atoms with E-state index in [0.29, 0.717) is 0 Å². The molecule has 216 valence electrons. The molecule has 0 aromatic heterocycles. The molecule has 0 bridgehead atoms. The van der Waals surface area contributed by atoms with E-state index in [2.05, 4.69) is 99.4 Å². The Morgan fingerprint density at radius 3 is 1.35 bits per heavy atom. The lowest BCUT2D eigenvalue weighted by molar-refractivity contribution is 0.130. The van der Waals surface area contributed by atoms with Crippen molar-refractivity contribution in [3.05, 3.63) is 91.9 Å². The molecular formula is C37H48Br2O. The van der Waals surface area contributed by atoms with Gasteiger partial charge in [-0.1, -0.05) is 171 Å². The number of hydrogen-bond donors (Lipinski definition) is 1. The molecule has 3 heteroatoms. The van der Waals surface area contributed by atoms with Crippen LogP contribution in [-0.4, -0.2) is 5.11 Å². The molecule has 1 aliphatic rings.